The SMILES string of the molecule is O=c1[nH]c(C=CC=Cc2ccc([N+](=O)[O-])cc2)c([N+](=O)[O-])c(=O)[nH]1. The summed E-state index contributed by atoms with van der Waals surface area (Å²) >= 11 is 0. The molecule has 1 aromatic heterocycles. The molecule has 0 amide bonds. The molecule has 0 unspecified atom stereocenters. The fourth-order valence-electron chi connectivity index (χ4n) is 1.82. The quantitative estimate of drug-likeness (QED) is 0.482. The fraction of sp³-hybridized carbons (Fsp3) is 0. The van der Waals surface area contributed by atoms with Crippen molar-refractivity contribution in [3.05, 3.63) is 88.7 Å². The summed E-state index contributed by atoms with van der Waals surface area (Å²) in [5.41, 5.74) is -2.33. The van der Waals surface area contributed by atoms with E-state index >= 15 is 0 Å². The summed E-state index contributed by atoms with van der Waals surface area (Å²) in [6.07, 6.45) is 5.69. The lowest BCUT2D eigenvalue weighted by atomic mass is 10.2. The molecule has 24 heavy (non-hydrogen) atoms. The van der Waals surface area contributed by atoms with Crippen LogP contribution < -0.4 is 11.2 Å². The lowest BCUT2D eigenvalue weighted by Gasteiger charge is -1.95. The molecule has 0 bridgehead atoms. The third-order valence-corrected chi connectivity index (χ3v) is 2.89. The van der Waals surface area contributed by atoms with E-state index in [0.717, 1.165) is 0 Å². The van der Waals surface area contributed by atoms with Crippen molar-refractivity contribution in [1.82, 2.24) is 9.97 Å². The summed E-state index contributed by atoms with van der Waals surface area (Å²) in [7, 11) is 0. The summed E-state index contributed by atoms with van der Waals surface area (Å²) < 4.78 is 0. The van der Waals surface area contributed by atoms with Crippen molar-refractivity contribution in [2.45, 2.75) is 0 Å². The van der Waals surface area contributed by atoms with Crippen molar-refractivity contribution in [3.8, 4) is 0 Å². The fourth-order valence-corrected chi connectivity index (χ4v) is 1.82. The molecule has 10 nitrogen and oxygen atoms in total. The Bertz CT molecular complexity index is 952. The molecular formula is C14H10N4O6. The smallest absolute Gasteiger partial charge is 0.301 e. The standard InChI is InChI=1S/C14H10N4O6/c19-13-12(18(23)24)11(15-14(20)16-13)4-2-1-3-9-5-7-10(8-6-9)17(21)22/h1-8H,(H2,15,16,19,20). The van der Waals surface area contributed by atoms with Crippen molar-refractivity contribution in [2.75, 3.05) is 0 Å². The molecule has 2 aromatic rings. The summed E-state index contributed by atoms with van der Waals surface area (Å²) in [4.78, 5) is 46.5. The van der Waals surface area contributed by atoms with Crippen LogP contribution in [0.3, 0.4) is 0 Å². The molecule has 0 saturated heterocycles. The van der Waals surface area contributed by atoms with Crippen LogP contribution in [0.4, 0.5) is 11.4 Å². The second-order valence-corrected chi connectivity index (χ2v) is 4.49. The molecule has 0 fully saturated rings. The number of benzene rings is 1. The first-order chi connectivity index (χ1) is 11.4. The molecule has 1 heterocycles. The Morgan fingerprint density at radius 2 is 1.50 bits per heavy atom. The molecule has 122 valence electrons. The van der Waals surface area contributed by atoms with Gasteiger partial charge in [-0.15, -0.1) is 0 Å². The van der Waals surface area contributed by atoms with Crippen LogP contribution in [0.2, 0.25) is 0 Å². The van der Waals surface area contributed by atoms with Gasteiger partial charge in [0.05, 0.1) is 9.85 Å². The number of nitro benzene ring substituents is 1. The third-order valence-electron chi connectivity index (χ3n) is 2.89. The van der Waals surface area contributed by atoms with Gasteiger partial charge < -0.3 is 4.98 Å². The average molecular weight is 330 g/mol. The third kappa shape index (κ3) is 3.88. The number of hydrogen-bond acceptors (Lipinski definition) is 6. The first kappa shape index (κ1) is 16.5. The van der Waals surface area contributed by atoms with Gasteiger partial charge in [-0.1, -0.05) is 18.2 Å². The lowest BCUT2D eigenvalue weighted by Crippen LogP contribution is -2.25. The van der Waals surface area contributed by atoms with Gasteiger partial charge in [0.1, 0.15) is 5.69 Å². The van der Waals surface area contributed by atoms with E-state index in [1.54, 1.807) is 11.1 Å². The van der Waals surface area contributed by atoms with E-state index in [1.807, 2.05) is 0 Å². The van der Waals surface area contributed by atoms with Crippen LogP contribution in [-0.4, -0.2) is 19.8 Å². The van der Waals surface area contributed by atoms with Gasteiger partial charge in [-0.2, -0.15) is 0 Å². The first-order valence-electron chi connectivity index (χ1n) is 6.48. The second-order valence-electron chi connectivity index (χ2n) is 4.49. The van der Waals surface area contributed by atoms with Gasteiger partial charge >= 0.3 is 16.9 Å². The molecule has 0 aliphatic heterocycles. The van der Waals surface area contributed by atoms with Crippen LogP contribution in [-0.2, 0) is 0 Å². The minimum atomic E-state index is -1.09. The number of aromatic nitrogens is 2. The van der Waals surface area contributed by atoms with Crippen LogP contribution in [0.15, 0.2) is 46.0 Å². The molecule has 0 atom stereocenters. The molecule has 2 rings (SSSR count). The highest BCUT2D eigenvalue weighted by Gasteiger charge is 2.18. The highest BCUT2D eigenvalue weighted by molar-refractivity contribution is 5.60. The summed E-state index contributed by atoms with van der Waals surface area (Å²) in [5.74, 6) is 0. The Hall–Kier alpha value is -3.82. The number of nitrogens with one attached hydrogen (secondary N) is 2. The number of nitrogens with zero attached hydrogens (tertiary/aromatic N) is 2. The number of aromatic amines is 2. The Morgan fingerprint density at radius 3 is 2.08 bits per heavy atom. The number of hydrogen-bond donors (Lipinski definition) is 2. The van der Waals surface area contributed by atoms with E-state index in [9.17, 15) is 29.8 Å². The van der Waals surface area contributed by atoms with Gasteiger partial charge in [-0.05, 0) is 23.8 Å². The zero-order chi connectivity index (χ0) is 17.7. The minimum absolute atomic E-state index is 0.0422. The maximum atomic E-state index is 11.4. The van der Waals surface area contributed by atoms with Gasteiger partial charge in [0.25, 0.3) is 5.69 Å². The Labute approximate surface area is 133 Å². The molecule has 1 aromatic carbocycles. The van der Waals surface area contributed by atoms with E-state index in [2.05, 4.69) is 4.98 Å². The molecule has 0 spiro atoms. The van der Waals surface area contributed by atoms with E-state index < -0.39 is 26.8 Å². The lowest BCUT2D eigenvalue weighted by molar-refractivity contribution is -0.386. The first-order valence-corrected chi connectivity index (χ1v) is 6.48. The van der Waals surface area contributed by atoms with Crippen molar-refractivity contribution < 1.29 is 9.85 Å². The molecular weight excluding hydrogens is 320 g/mol. The highest BCUT2D eigenvalue weighted by atomic mass is 16.6. The van der Waals surface area contributed by atoms with Crippen molar-refractivity contribution in [2.24, 2.45) is 0 Å². The Morgan fingerprint density at radius 1 is 0.875 bits per heavy atom. The van der Waals surface area contributed by atoms with Crippen LogP contribution in [0.1, 0.15) is 11.3 Å². The maximum Gasteiger partial charge on any atom is 0.357 e. The minimum Gasteiger partial charge on any atom is -0.301 e. The molecule has 2 N–H and O–H groups in total. The molecule has 0 aliphatic rings. The van der Waals surface area contributed by atoms with Crippen molar-refractivity contribution >= 4 is 23.5 Å². The predicted molar refractivity (Wildman–Crippen MR) is 85.5 cm³/mol. The van der Waals surface area contributed by atoms with Crippen LogP contribution in [0.5, 0.6) is 0 Å². The summed E-state index contributed by atoms with van der Waals surface area (Å²) in [6.45, 7) is 0. The van der Waals surface area contributed by atoms with Gasteiger partial charge in [0, 0.05) is 12.1 Å². The van der Waals surface area contributed by atoms with Crippen molar-refractivity contribution in [3.63, 3.8) is 0 Å². The van der Waals surface area contributed by atoms with E-state index in [1.165, 1.54) is 42.5 Å². The van der Waals surface area contributed by atoms with Crippen LogP contribution in [0.25, 0.3) is 12.2 Å². The largest absolute Gasteiger partial charge is 0.357 e. The summed E-state index contributed by atoms with van der Waals surface area (Å²) in [6, 6.07) is 5.73. The van der Waals surface area contributed by atoms with E-state index in [-0.39, 0.29) is 11.4 Å². The highest BCUT2D eigenvalue weighted by Crippen LogP contribution is 2.13. The van der Waals surface area contributed by atoms with E-state index in [0.29, 0.717) is 5.56 Å². The van der Waals surface area contributed by atoms with Gasteiger partial charge in [-0.3, -0.25) is 30.0 Å². The molecule has 0 radical (unpaired) electrons. The molecule has 0 saturated carbocycles. The average Bonchev–Trinajstić information content (AvgIpc) is 2.51. The van der Waals surface area contributed by atoms with Crippen LogP contribution in [0, 0.1) is 20.2 Å². The number of H-pyrrole nitrogens is 2. The number of non-ortho nitro benzene ring substituents is 1. The van der Waals surface area contributed by atoms with Gasteiger partial charge in [-0.25, -0.2) is 4.79 Å². The van der Waals surface area contributed by atoms with E-state index in [4.69, 9.17) is 0 Å². The van der Waals surface area contributed by atoms with Gasteiger partial charge in [0.2, 0.25) is 0 Å². The topological polar surface area (TPSA) is 152 Å². The summed E-state index contributed by atoms with van der Waals surface area (Å²) in [5, 5.41) is 21.4. The molecule has 0 aliphatic carbocycles. The monoisotopic (exact) mass is 330 g/mol. The number of nitro groups is 2. The predicted octanol–water partition coefficient (Wildman–Crippen LogP) is 1.61. The second kappa shape index (κ2) is 6.96. The van der Waals surface area contributed by atoms with Crippen LogP contribution >= 0.6 is 0 Å². The Kier molecular flexibility index (Phi) is 4.80. The zero-order valence-electron chi connectivity index (χ0n) is 12.0. The zero-order valence-corrected chi connectivity index (χ0v) is 12.0. The Balaban J connectivity index is 2.23. The number of rotatable bonds is 5. The number of allylic oxidation sites excluding steroid dienone is 2. The van der Waals surface area contributed by atoms with Gasteiger partial charge in [0.15, 0.2) is 0 Å². The molecule has 10 heteroatoms. The van der Waals surface area contributed by atoms with Crippen molar-refractivity contribution in [1.29, 1.82) is 0 Å². The normalized spacial score (nSPS) is 11.2. The maximum absolute atomic E-state index is 11.4.